The minimum atomic E-state index is -2.10. The first-order chi connectivity index (χ1) is 15.0. The van der Waals surface area contributed by atoms with Gasteiger partial charge in [0.1, 0.15) is 11.7 Å². The van der Waals surface area contributed by atoms with E-state index >= 15 is 0 Å². The molecule has 5 heteroatoms. The zero-order valence-corrected chi connectivity index (χ0v) is 16.3. The maximum absolute atomic E-state index is 13.5. The number of carbonyl (C=O) groups excluding carboxylic acids is 5. The average Bonchev–Trinajstić information content (AvgIpc) is 2.83. The highest BCUT2D eigenvalue weighted by atomic mass is 16.2. The van der Waals surface area contributed by atoms with Crippen LogP contribution in [0.5, 0.6) is 0 Å². The number of hydrogen-bond acceptors (Lipinski definition) is 5. The topological polar surface area (TPSA) is 85.3 Å². The highest BCUT2D eigenvalue weighted by Crippen LogP contribution is 2.39. The molecule has 0 aliphatic heterocycles. The molecule has 0 radical (unpaired) electrons. The van der Waals surface area contributed by atoms with E-state index in [2.05, 4.69) is 0 Å². The zero-order valence-electron chi connectivity index (χ0n) is 16.3. The normalized spacial score (nSPS) is 11.2. The number of Topliss-reactive ketones (excluding diaryl/α,β-unsaturated/α-hetero) is 3. The molecule has 0 heterocycles. The van der Waals surface area contributed by atoms with Crippen molar-refractivity contribution < 1.29 is 24.0 Å². The van der Waals surface area contributed by atoms with E-state index in [1.165, 1.54) is 0 Å². The van der Waals surface area contributed by atoms with Gasteiger partial charge in [-0.15, -0.1) is 0 Å². The van der Waals surface area contributed by atoms with Crippen LogP contribution in [0.25, 0.3) is 21.5 Å². The van der Waals surface area contributed by atoms with E-state index in [0.29, 0.717) is 17.1 Å². The quantitative estimate of drug-likeness (QED) is 0.266. The van der Waals surface area contributed by atoms with Crippen molar-refractivity contribution in [2.75, 3.05) is 0 Å². The Morgan fingerprint density at radius 3 is 1.52 bits per heavy atom. The van der Waals surface area contributed by atoms with Gasteiger partial charge in [0.15, 0.2) is 6.29 Å². The molecular weight excluding hydrogens is 392 g/mol. The number of aldehydes is 2. The van der Waals surface area contributed by atoms with Gasteiger partial charge in [-0.05, 0) is 32.7 Å². The smallest absolute Gasteiger partial charge is 0.273 e. The number of ketones is 3. The summed E-state index contributed by atoms with van der Waals surface area (Å²) in [7, 11) is 0. The van der Waals surface area contributed by atoms with Crippen LogP contribution in [-0.4, -0.2) is 29.9 Å². The second-order valence-corrected chi connectivity index (χ2v) is 7.12. The maximum Gasteiger partial charge on any atom is 0.273 e. The molecule has 0 N–H and O–H groups in total. The van der Waals surface area contributed by atoms with Crippen molar-refractivity contribution in [3.63, 3.8) is 0 Å². The van der Waals surface area contributed by atoms with Crippen LogP contribution < -0.4 is 0 Å². The van der Waals surface area contributed by atoms with E-state index < -0.39 is 22.8 Å². The second kappa shape index (κ2) is 7.88. The molecule has 150 valence electrons. The number of hydrogen-bond donors (Lipinski definition) is 0. The van der Waals surface area contributed by atoms with Gasteiger partial charge in [0.25, 0.3) is 11.6 Å². The monoisotopic (exact) mass is 408 g/mol. The lowest BCUT2D eigenvalue weighted by Gasteiger charge is -2.29. The minimum Gasteiger partial charge on any atom is -0.301 e. The lowest BCUT2D eigenvalue weighted by Crippen LogP contribution is -2.46. The summed E-state index contributed by atoms with van der Waals surface area (Å²) in [6.45, 7) is 0. The summed E-state index contributed by atoms with van der Waals surface area (Å²) < 4.78 is 0. The number of benzene rings is 4. The standard InChI is InChI=1S/C26H16O5/c27-15-23(29)24(30)25(31)26(16-28,21-13-5-9-17-7-1-3-11-19(17)21)22-14-6-10-18-8-2-4-12-20(18)22/h1-16H. The fourth-order valence-electron chi connectivity index (χ4n) is 4.05. The van der Waals surface area contributed by atoms with Gasteiger partial charge in [0.2, 0.25) is 5.78 Å². The number of fused-ring (bicyclic) bond motifs is 2. The van der Waals surface area contributed by atoms with Crippen molar-refractivity contribution in [1.82, 2.24) is 0 Å². The average molecular weight is 408 g/mol. The van der Waals surface area contributed by atoms with Crippen LogP contribution in [-0.2, 0) is 29.4 Å². The van der Waals surface area contributed by atoms with Gasteiger partial charge >= 0.3 is 0 Å². The molecule has 4 rings (SSSR count). The SMILES string of the molecule is O=CC(=O)C(=O)C(=O)C(C=O)(c1cccc2ccccc12)c1cccc2ccccc12. The lowest BCUT2D eigenvalue weighted by molar-refractivity contribution is -0.147. The Morgan fingerprint density at radius 2 is 1.06 bits per heavy atom. The second-order valence-electron chi connectivity index (χ2n) is 7.12. The molecule has 31 heavy (non-hydrogen) atoms. The molecule has 5 nitrogen and oxygen atoms in total. The highest BCUT2D eigenvalue weighted by molar-refractivity contribution is 6.76. The summed E-state index contributed by atoms with van der Waals surface area (Å²) in [6, 6.07) is 24.5. The van der Waals surface area contributed by atoms with E-state index in [9.17, 15) is 24.0 Å². The van der Waals surface area contributed by atoms with Gasteiger partial charge in [-0.3, -0.25) is 19.2 Å². The van der Waals surface area contributed by atoms with Gasteiger partial charge in [0, 0.05) is 0 Å². The molecular formula is C26H16O5. The molecule has 0 fully saturated rings. The van der Waals surface area contributed by atoms with E-state index in [1.807, 2.05) is 36.4 Å². The molecule has 0 saturated heterocycles. The fraction of sp³-hybridized carbons (Fsp3) is 0.0385. The third-order valence-corrected chi connectivity index (χ3v) is 5.50. The van der Waals surface area contributed by atoms with Crippen molar-refractivity contribution in [2.24, 2.45) is 0 Å². The molecule has 0 unspecified atom stereocenters. The van der Waals surface area contributed by atoms with Crippen molar-refractivity contribution in [3.05, 3.63) is 96.1 Å². The van der Waals surface area contributed by atoms with Gasteiger partial charge in [-0.1, -0.05) is 84.9 Å². The molecule has 0 aromatic heterocycles. The third kappa shape index (κ3) is 3.07. The first kappa shape index (κ1) is 20.0. The van der Waals surface area contributed by atoms with Crippen LogP contribution in [0.15, 0.2) is 84.9 Å². The largest absolute Gasteiger partial charge is 0.301 e. The predicted octanol–water partition coefficient (Wildman–Crippen LogP) is 3.38. The van der Waals surface area contributed by atoms with Gasteiger partial charge < -0.3 is 4.79 Å². The Bertz CT molecular complexity index is 1290. The summed E-state index contributed by atoms with van der Waals surface area (Å²) in [5.74, 6) is -4.27. The van der Waals surface area contributed by atoms with Crippen LogP contribution in [0.2, 0.25) is 0 Å². The molecule has 4 aromatic rings. The van der Waals surface area contributed by atoms with Crippen LogP contribution in [0, 0.1) is 0 Å². The van der Waals surface area contributed by atoms with E-state index in [4.69, 9.17) is 0 Å². The van der Waals surface area contributed by atoms with Crippen LogP contribution in [0.1, 0.15) is 11.1 Å². The van der Waals surface area contributed by atoms with Crippen molar-refractivity contribution in [1.29, 1.82) is 0 Å². The van der Waals surface area contributed by atoms with E-state index in [0.717, 1.165) is 10.8 Å². The van der Waals surface area contributed by atoms with Crippen molar-refractivity contribution in [3.8, 4) is 0 Å². The number of carbonyl (C=O) groups is 5. The third-order valence-electron chi connectivity index (χ3n) is 5.50. The van der Waals surface area contributed by atoms with E-state index in [1.54, 1.807) is 48.5 Å². The molecule has 0 amide bonds. The summed E-state index contributed by atoms with van der Waals surface area (Å²) in [6.07, 6.45) is 0.191. The van der Waals surface area contributed by atoms with Gasteiger partial charge in [-0.2, -0.15) is 0 Å². The molecule has 0 saturated carbocycles. The van der Waals surface area contributed by atoms with Gasteiger partial charge in [-0.25, -0.2) is 0 Å². The van der Waals surface area contributed by atoms with Crippen LogP contribution in [0.3, 0.4) is 0 Å². The van der Waals surface area contributed by atoms with Crippen molar-refractivity contribution in [2.45, 2.75) is 5.41 Å². The lowest BCUT2D eigenvalue weighted by atomic mass is 9.68. The van der Waals surface area contributed by atoms with Crippen LogP contribution >= 0.6 is 0 Å². The Labute approximate surface area is 177 Å². The maximum atomic E-state index is 13.5. The summed E-state index contributed by atoms with van der Waals surface area (Å²) >= 11 is 0. The molecule has 0 atom stereocenters. The molecule has 0 spiro atoms. The van der Waals surface area contributed by atoms with E-state index in [-0.39, 0.29) is 17.4 Å². The first-order valence-electron chi connectivity index (χ1n) is 9.55. The molecule has 0 aliphatic carbocycles. The first-order valence-corrected chi connectivity index (χ1v) is 9.55. The highest BCUT2D eigenvalue weighted by Gasteiger charge is 2.48. The number of rotatable bonds is 7. The van der Waals surface area contributed by atoms with Gasteiger partial charge in [0.05, 0.1) is 0 Å². The Hall–Kier alpha value is -4.25. The molecule has 4 aromatic carbocycles. The Balaban J connectivity index is 2.16. The summed E-state index contributed by atoms with van der Waals surface area (Å²) in [5, 5.41) is 2.69. The Morgan fingerprint density at radius 1 is 0.613 bits per heavy atom. The molecule has 0 aliphatic rings. The summed E-state index contributed by atoms with van der Waals surface area (Å²) in [4.78, 5) is 61.7. The van der Waals surface area contributed by atoms with Crippen LogP contribution in [0.4, 0.5) is 0 Å². The van der Waals surface area contributed by atoms with Crippen molar-refractivity contribution >= 4 is 51.5 Å². The predicted molar refractivity (Wildman–Crippen MR) is 116 cm³/mol. The Kier molecular flexibility index (Phi) is 5.09. The minimum absolute atomic E-state index is 0.206. The molecule has 0 bridgehead atoms. The zero-order chi connectivity index (χ0) is 22.0. The summed E-state index contributed by atoms with van der Waals surface area (Å²) in [5.41, 5.74) is -1.56. The fourth-order valence-corrected chi connectivity index (χ4v) is 4.05.